The van der Waals surface area contributed by atoms with E-state index in [1.165, 1.54) is 13.8 Å². The quantitative estimate of drug-likeness (QED) is 0.226. The fourth-order valence-electron chi connectivity index (χ4n) is 1.07. The first kappa shape index (κ1) is 27.4. The van der Waals surface area contributed by atoms with Crippen LogP contribution in [0, 0.1) is 0 Å². The Hall–Kier alpha value is 0.580. The Labute approximate surface area is 180 Å². The van der Waals surface area contributed by atoms with Crippen molar-refractivity contribution < 1.29 is 29.4 Å². The monoisotopic (exact) mass is 370 g/mol. The van der Waals surface area contributed by atoms with E-state index >= 15 is 0 Å². The summed E-state index contributed by atoms with van der Waals surface area (Å²) < 4.78 is 0. The second-order valence-corrected chi connectivity index (χ2v) is 6.30. The van der Waals surface area contributed by atoms with Crippen molar-refractivity contribution in [2.45, 2.75) is 25.9 Å². The Balaban J connectivity index is -0.00000180. The smallest absolute Gasteiger partial charge is 0.327 e. The molecule has 0 saturated carbocycles. The molecule has 116 valence electrons. The maximum Gasteiger partial charge on any atom is 0.327 e. The number of hydrogen-bond donors (Lipinski definition) is 4. The Morgan fingerprint density at radius 3 is 1.27 bits per heavy atom. The molecule has 2 atom stereocenters. The number of carbonyl (C=O) groups excluding carboxylic acids is 2. The first-order valence-corrected chi connectivity index (χ1v) is 7.97. The molecule has 8 nitrogen and oxygen atoms in total. The van der Waals surface area contributed by atoms with Crippen molar-refractivity contribution in [1.29, 1.82) is 0 Å². The molecule has 0 aliphatic heterocycles. The number of rotatable bonds is 9. The molecule has 0 bridgehead atoms. The fraction of sp³-hybridized carbons (Fsp3) is 0.600. The molecule has 4 N–H and O–H groups in total. The Bertz CT molecular complexity index is 364. The fourth-order valence-corrected chi connectivity index (χ4v) is 3.38. The predicted molar refractivity (Wildman–Crippen MR) is 86.9 cm³/mol. The van der Waals surface area contributed by atoms with Gasteiger partial charge in [-0.3, -0.25) is 9.59 Å². The molecule has 0 aromatic heterocycles. The van der Waals surface area contributed by atoms with Crippen molar-refractivity contribution in [1.82, 2.24) is 10.6 Å². The zero-order valence-electron chi connectivity index (χ0n) is 12.9. The third-order valence-electron chi connectivity index (χ3n) is 1.90. The van der Waals surface area contributed by atoms with Crippen LogP contribution in [0.5, 0.6) is 0 Å². The first-order chi connectivity index (χ1) is 9.23. The van der Waals surface area contributed by atoms with E-state index in [4.69, 9.17) is 10.2 Å². The van der Waals surface area contributed by atoms with Gasteiger partial charge in [-0.15, -0.1) is 0 Å². The standard InChI is InChI=1S/C10H16N2O6S2.2Na/c1-5(13)11-7(9(15)16)3-19-20-4-8(10(17)18)12-6(2)14;;/h7-8H,3-4H2,1-2H3,(H,11,13)(H,12,14)(H,15,16)(H,17,18);;/t7-,8-;;/m0../s1. The number of carbonyl (C=O) groups is 4. The summed E-state index contributed by atoms with van der Waals surface area (Å²) in [5.41, 5.74) is 0. The van der Waals surface area contributed by atoms with Crippen LogP contribution >= 0.6 is 21.6 Å². The van der Waals surface area contributed by atoms with Gasteiger partial charge in [0.25, 0.3) is 0 Å². The molecule has 0 saturated heterocycles. The van der Waals surface area contributed by atoms with Crippen molar-refractivity contribution in [2.75, 3.05) is 11.5 Å². The van der Waals surface area contributed by atoms with Crippen LogP contribution in [0.15, 0.2) is 0 Å². The average molecular weight is 370 g/mol. The Kier molecular flexibility index (Phi) is 18.9. The minimum absolute atomic E-state index is 0. The van der Waals surface area contributed by atoms with E-state index in [0.717, 1.165) is 21.6 Å². The molecule has 2 amide bonds. The van der Waals surface area contributed by atoms with Crippen molar-refractivity contribution in [2.24, 2.45) is 0 Å². The van der Waals surface area contributed by atoms with Gasteiger partial charge in [-0.2, -0.15) is 0 Å². The molecule has 0 aromatic rings. The van der Waals surface area contributed by atoms with Crippen LogP contribution in [-0.4, -0.2) is 117 Å². The second kappa shape index (κ2) is 15.1. The largest absolute Gasteiger partial charge is 0.480 e. The van der Waals surface area contributed by atoms with Gasteiger partial charge in [-0.1, -0.05) is 21.6 Å². The van der Waals surface area contributed by atoms with Crippen LogP contribution < -0.4 is 10.6 Å². The van der Waals surface area contributed by atoms with Gasteiger partial charge in [0, 0.05) is 84.5 Å². The second-order valence-electron chi connectivity index (χ2n) is 3.75. The number of carboxylic acid groups (broad SMARTS) is 2. The van der Waals surface area contributed by atoms with Gasteiger partial charge in [-0.05, 0) is 0 Å². The summed E-state index contributed by atoms with van der Waals surface area (Å²) in [5, 5.41) is 22.2. The molecule has 0 spiro atoms. The normalized spacial score (nSPS) is 11.9. The van der Waals surface area contributed by atoms with Crippen LogP contribution in [0.2, 0.25) is 0 Å². The summed E-state index contributed by atoms with van der Waals surface area (Å²) in [6, 6.07) is -2.07. The van der Waals surface area contributed by atoms with E-state index in [0.29, 0.717) is 0 Å². The molecule has 0 rings (SSSR count). The Morgan fingerprint density at radius 1 is 0.818 bits per heavy atom. The SMILES string of the molecule is CC(=O)N[C@@H](CSSC[C@H](NC(C)=O)C(=O)O)C(=O)O.[Na].[Na]. The van der Waals surface area contributed by atoms with Gasteiger partial charge in [0.2, 0.25) is 11.8 Å². The molecule has 12 heteroatoms. The van der Waals surface area contributed by atoms with Crippen LogP contribution in [0.4, 0.5) is 0 Å². The van der Waals surface area contributed by atoms with Gasteiger partial charge in [0.15, 0.2) is 0 Å². The number of amides is 2. The van der Waals surface area contributed by atoms with Crippen molar-refractivity contribution in [3.63, 3.8) is 0 Å². The third-order valence-corrected chi connectivity index (χ3v) is 4.33. The molecule has 22 heavy (non-hydrogen) atoms. The summed E-state index contributed by atoms with van der Waals surface area (Å²) in [4.78, 5) is 43.2. The van der Waals surface area contributed by atoms with E-state index in [1.807, 2.05) is 0 Å². The maximum absolute atomic E-state index is 10.8. The third kappa shape index (κ3) is 14.2. The van der Waals surface area contributed by atoms with Crippen molar-refractivity contribution in [3.8, 4) is 0 Å². The zero-order valence-corrected chi connectivity index (χ0v) is 18.5. The molecule has 0 aromatic carbocycles. The van der Waals surface area contributed by atoms with E-state index in [1.54, 1.807) is 0 Å². The first-order valence-electron chi connectivity index (χ1n) is 5.48. The van der Waals surface area contributed by atoms with E-state index in [-0.39, 0.29) is 70.6 Å². The molecular formula is C10H16N2Na2O6S2. The number of nitrogens with one attached hydrogen (secondary N) is 2. The molecule has 0 aliphatic carbocycles. The minimum Gasteiger partial charge on any atom is -0.480 e. The Morgan fingerprint density at radius 2 is 1.09 bits per heavy atom. The molecular weight excluding hydrogens is 354 g/mol. The number of carboxylic acids is 2. The average Bonchev–Trinajstić information content (AvgIpc) is 2.29. The van der Waals surface area contributed by atoms with E-state index in [9.17, 15) is 19.2 Å². The van der Waals surface area contributed by atoms with E-state index in [2.05, 4.69) is 10.6 Å². The van der Waals surface area contributed by atoms with Crippen molar-refractivity contribution in [3.05, 3.63) is 0 Å². The maximum atomic E-state index is 10.8. The van der Waals surface area contributed by atoms with Crippen LogP contribution in [0.3, 0.4) is 0 Å². The van der Waals surface area contributed by atoms with Gasteiger partial charge in [0.05, 0.1) is 0 Å². The van der Waals surface area contributed by atoms with Gasteiger partial charge in [-0.25, -0.2) is 9.59 Å². The summed E-state index contributed by atoms with van der Waals surface area (Å²) in [5.74, 6) is -3.05. The zero-order chi connectivity index (χ0) is 15.7. The number of hydrogen-bond acceptors (Lipinski definition) is 6. The molecule has 2 radical (unpaired) electrons. The predicted octanol–water partition coefficient (Wildman–Crippen LogP) is -1.22. The van der Waals surface area contributed by atoms with Crippen molar-refractivity contribution >= 4 is 104 Å². The summed E-state index contributed by atoms with van der Waals surface area (Å²) in [6.07, 6.45) is 0. The molecule has 0 fully saturated rings. The van der Waals surface area contributed by atoms with Gasteiger partial charge < -0.3 is 20.8 Å². The molecule has 0 aliphatic rings. The summed E-state index contributed by atoms with van der Waals surface area (Å²) in [6.45, 7) is 2.43. The van der Waals surface area contributed by atoms with Crippen LogP contribution in [0.25, 0.3) is 0 Å². The van der Waals surface area contributed by atoms with E-state index < -0.39 is 35.8 Å². The number of aliphatic carboxylic acids is 2. The summed E-state index contributed by atoms with van der Waals surface area (Å²) >= 11 is 0. The van der Waals surface area contributed by atoms with Gasteiger partial charge >= 0.3 is 11.9 Å². The van der Waals surface area contributed by atoms with Crippen LogP contribution in [-0.2, 0) is 19.2 Å². The van der Waals surface area contributed by atoms with Gasteiger partial charge in [0.1, 0.15) is 12.1 Å². The molecule has 0 heterocycles. The minimum atomic E-state index is -1.16. The van der Waals surface area contributed by atoms with Crippen LogP contribution in [0.1, 0.15) is 13.8 Å². The summed E-state index contributed by atoms with van der Waals surface area (Å²) in [7, 11) is 2.22. The topological polar surface area (TPSA) is 133 Å². The molecule has 0 unspecified atom stereocenters.